The van der Waals surface area contributed by atoms with Gasteiger partial charge in [0.2, 0.25) is 5.91 Å². The molecule has 1 fully saturated rings. The van der Waals surface area contributed by atoms with E-state index in [1.54, 1.807) is 0 Å². The highest BCUT2D eigenvalue weighted by Crippen LogP contribution is 2.46. The fraction of sp³-hybridized carbons (Fsp3) is 0.588. The summed E-state index contributed by atoms with van der Waals surface area (Å²) in [7, 11) is 0. The van der Waals surface area contributed by atoms with Crippen molar-refractivity contribution in [1.82, 2.24) is 0 Å². The number of piperidine rings is 1. The van der Waals surface area contributed by atoms with Gasteiger partial charge in [0.1, 0.15) is 17.5 Å². The Morgan fingerprint density at radius 2 is 2.24 bits per heavy atom. The third-order valence-corrected chi connectivity index (χ3v) is 4.54. The van der Waals surface area contributed by atoms with Crippen molar-refractivity contribution in [3.05, 3.63) is 18.2 Å². The molecule has 0 bridgehead atoms. The zero-order valence-corrected chi connectivity index (χ0v) is 13.1. The third kappa shape index (κ3) is 2.37. The van der Waals surface area contributed by atoms with Gasteiger partial charge in [-0.25, -0.2) is 0 Å². The predicted molar refractivity (Wildman–Crippen MR) is 85.0 cm³/mol. The first-order valence-electron chi connectivity index (χ1n) is 7.88. The Morgan fingerprint density at radius 3 is 3.00 bits per heavy atom. The lowest BCUT2D eigenvalue weighted by Gasteiger charge is -2.49. The number of nitrogens with zero attached hydrogens (tertiary/aromatic N) is 1. The molecule has 21 heavy (non-hydrogen) atoms. The van der Waals surface area contributed by atoms with Gasteiger partial charge in [0.05, 0.1) is 12.3 Å². The van der Waals surface area contributed by atoms with Gasteiger partial charge in [-0.3, -0.25) is 4.79 Å². The molecule has 1 saturated heterocycles. The van der Waals surface area contributed by atoms with Crippen molar-refractivity contribution in [1.29, 1.82) is 0 Å². The van der Waals surface area contributed by atoms with Crippen LogP contribution in [0.5, 0.6) is 5.75 Å². The van der Waals surface area contributed by atoms with Gasteiger partial charge in [-0.05, 0) is 36.8 Å². The number of para-hydroxylation sites is 1. The van der Waals surface area contributed by atoms with Crippen LogP contribution in [0.1, 0.15) is 40.0 Å². The molecular formula is C17H24N2O2. The quantitative estimate of drug-likeness (QED) is 0.926. The molecule has 4 heteroatoms. The first-order valence-corrected chi connectivity index (χ1v) is 7.88. The molecule has 0 spiro atoms. The van der Waals surface area contributed by atoms with E-state index in [0.717, 1.165) is 42.9 Å². The molecule has 1 amide bonds. The van der Waals surface area contributed by atoms with Crippen LogP contribution >= 0.6 is 0 Å². The summed E-state index contributed by atoms with van der Waals surface area (Å²) in [5, 5.41) is 3.09. The van der Waals surface area contributed by atoms with Crippen molar-refractivity contribution < 1.29 is 9.53 Å². The maximum Gasteiger partial charge on any atom is 0.247 e. The minimum Gasteiger partial charge on any atom is -0.491 e. The molecular weight excluding hydrogens is 264 g/mol. The molecule has 1 N–H and O–H groups in total. The van der Waals surface area contributed by atoms with Gasteiger partial charge in [0, 0.05) is 6.54 Å². The molecule has 2 aliphatic heterocycles. The molecule has 2 aliphatic rings. The zero-order chi connectivity index (χ0) is 15.0. The van der Waals surface area contributed by atoms with Crippen molar-refractivity contribution >= 4 is 17.3 Å². The van der Waals surface area contributed by atoms with Crippen LogP contribution in [0, 0.1) is 5.41 Å². The standard InChI is InChI=1S/C17H24N2O2/c1-4-11-21-13-8-5-7-12-14(13)18-16(20)15-17(2,3)9-6-10-19(12)15/h5,7-8,15H,4,6,9-11H2,1-3H3,(H,18,20). The van der Waals surface area contributed by atoms with Gasteiger partial charge in [-0.2, -0.15) is 0 Å². The first-order chi connectivity index (χ1) is 10.0. The lowest BCUT2D eigenvalue weighted by molar-refractivity contribution is -0.120. The van der Waals surface area contributed by atoms with Crippen molar-refractivity contribution in [2.24, 2.45) is 5.41 Å². The smallest absolute Gasteiger partial charge is 0.247 e. The number of nitrogens with one attached hydrogen (secondary N) is 1. The van der Waals surface area contributed by atoms with E-state index in [0.29, 0.717) is 6.61 Å². The monoisotopic (exact) mass is 288 g/mol. The Balaban J connectivity index is 2.01. The van der Waals surface area contributed by atoms with Crippen LogP contribution in [0.3, 0.4) is 0 Å². The number of hydrogen-bond acceptors (Lipinski definition) is 3. The molecule has 2 heterocycles. The second-order valence-electron chi connectivity index (χ2n) is 6.68. The summed E-state index contributed by atoms with van der Waals surface area (Å²) < 4.78 is 5.79. The fourth-order valence-electron chi connectivity index (χ4n) is 3.56. The van der Waals surface area contributed by atoms with Crippen molar-refractivity contribution in [2.75, 3.05) is 23.4 Å². The van der Waals surface area contributed by atoms with E-state index < -0.39 is 0 Å². The van der Waals surface area contributed by atoms with Crippen LogP contribution in [0.15, 0.2) is 18.2 Å². The average molecular weight is 288 g/mol. The van der Waals surface area contributed by atoms with E-state index in [-0.39, 0.29) is 17.4 Å². The summed E-state index contributed by atoms with van der Waals surface area (Å²) >= 11 is 0. The number of hydrogen-bond donors (Lipinski definition) is 1. The number of carbonyl (C=O) groups is 1. The van der Waals surface area contributed by atoms with E-state index in [1.807, 2.05) is 12.1 Å². The lowest BCUT2D eigenvalue weighted by Crippen LogP contribution is -2.58. The Bertz CT molecular complexity index is 554. The Hall–Kier alpha value is -1.71. The molecule has 1 aromatic carbocycles. The lowest BCUT2D eigenvalue weighted by atomic mass is 9.75. The second kappa shape index (κ2) is 5.24. The molecule has 1 atom stereocenters. The van der Waals surface area contributed by atoms with Crippen molar-refractivity contribution in [2.45, 2.75) is 46.1 Å². The molecule has 0 aromatic heterocycles. The predicted octanol–water partition coefficient (Wildman–Crippen LogP) is 3.42. The zero-order valence-electron chi connectivity index (χ0n) is 13.1. The van der Waals surface area contributed by atoms with E-state index in [4.69, 9.17) is 4.74 Å². The highest BCUT2D eigenvalue weighted by molar-refractivity contribution is 6.05. The van der Waals surface area contributed by atoms with Gasteiger partial charge < -0.3 is 15.0 Å². The normalized spacial score (nSPS) is 23.1. The number of anilines is 2. The van der Waals surface area contributed by atoms with Gasteiger partial charge in [0.15, 0.2) is 0 Å². The van der Waals surface area contributed by atoms with Crippen LogP contribution in [-0.2, 0) is 4.79 Å². The van der Waals surface area contributed by atoms with Crippen molar-refractivity contribution in [3.8, 4) is 5.75 Å². The number of carbonyl (C=O) groups excluding carboxylic acids is 1. The van der Waals surface area contributed by atoms with Gasteiger partial charge in [-0.15, -0.1) is 0 Å². The first kappa shape index (κ1) is 14.2. The Kier molecular flexibility index (Phi) is 3.56. The SMILES string of the molecule is CCCOc1cccc2c1NC(=O)C1N2CCCC1(C)C. The average Bonchev–Trinajstić information content (AvgIpc) is 2.44. The summed E-state index contributed by atoms with van der Waals surface area (Å²) in [6.45, 7) is 8.06. The van der Waals surface area contributed by atoms with Gasteiger partial charge in [-0.1, -0.05) is 26.8 Å². The van der Waals surface area contributed by atoms with E-state index in [2.05, 4.69) is 37.1 Å². The number of benzene rings is 1. The summed E-state index contributed by atoms with van der Waals surface area (Å²) in [5.74, 6) is 0.879. The Morgan fingerprint density at radius 1 is 1.43 bits per heavy atom. The van der Waals surface area contributed by atoms with Crippen LogP contribution in [0.25, 0.3) is 0 Å². The molecule has 1 unspecified atom stereocenters. The van der Waals surface area contributed by atoms with E-state index in [1.165, 1.54) is 0 Å². The van der Waals surface area contributed by atoms with Crippen LogP contribution < -0.4 is 15.0 Å². The maximum atomic E-state index is 12.6. The molecule has 0 radical (unpaired) electrons. The summed E-state index contributed by atoms with van der Waals surface area (Å²) in [4.78, 5) is 14.9. The van der Waals surface area contributed by atoms with Crippen LogP contribution in [0.4, 0.5) is 11.4 Å². The van der Waals surface area contributed by atoms with Gasteiger partial charge in [0.25, 0.3) is 0 Å². The highest BCUT2D eigenvalue weighted by atomic mass is 16.5. The molecule has 114 valence electrons. The maximum absolute atomic E-state index is 12.6. The van der Waals surface area contributed by atoms with Crippen molar-refractivity contribution in [3.63, 3.8) is 0 Å². The van der Waals surface area contributed by atoms with E-state index >= 15 is 0 Å². The topological polar surface area (TPSA) is 41.6 Å². The number of ether oxygens (including phenoxy) is 1. The number of rotatable bonds is 3. The van der Waals surface area contributed by atoms with Gasteiger partial charge >= 0.3 is 0 Å². The second-order valence-corrected chi connectivity index (χ2v) is 6.68. The largest absolute Gasteiger partial charge is 0.491 e. The summed E-state index contributed by atoms with van der Waals surface area (Å²) in [5.41, 5.74) is 1.94. The number of fused-ring (bicyclic) bond motifs is 3. The number of amides is 1. The summed E-state index contributed by atoms with van der Waals surface area (Å²) in [6, 6.07) is 5.95. The minimum atomic E-state index is -0.0832. The molecule has 0 aliphatic carbocycles. The minimum absolute atomic E-state index is 0.000301. The summed E-state index contributed by atoms with van der Waals surface area (Å²) in [6.07, 6.45) is 3.16. The Labute approximate surface area is 126 Å². The van der Waals surface area contributed by atoms with E-state index in [9.17, 15) is 4.79 Å². The molecule has 3 rings (SSSR count). The van der Waals surface area contributed by atoms with Crippen LogP contribution in [-0.4, -0.2) is 25.1 Å². The third-order valence-electron chi connectivity index (χ3n) is 4.54. The fourth-order valence-corrected chi connectivity index (χ4v) is 3.56. The van der Waals surface area contributed by atoms with Crippen LogP contribution in [0.2, 0.25) is 0 Å². The highest BCUT2D eigenvalue weighted by Gasteiger charge is 2.46. The molecule has 4 nitrogen and oxygen atoms in total. The molecule has 0 saturated carbocycles. The molecule has 1 aromatic rings.